The molecular weight excluding hydrogens is 216 g/mol. The molecule has 0 saturated heterocycles. The van der Waals surface area contributed by atoms with E-state index in [1.807, 2.05) is 0 Å². The molecule has 1 atom stereocenters. The molecule has 4 N–H and O–H groups in total. The van der Waals surface area contributed by atoms with Crippen molar-refractivity contribution in [2.75, 3.05) is 6.61 Å². The smallest absolute Gasteiger partial charge is 0.202 e. The number of aliphatic hydroxyl groups is 1. The molecule has 0 amide bonds. The van der Waals surface area contributed by atoms with Crippen molar-refractivity contribution in [2.45, 2.75) is 6.04 Å². The predicted molar refractivity (Wildman–Crippen MR) is 47.0 cm³/mol. The highest BCUT2D eigenvalue weighted by Crippen LogP contribution is 2.32. The van der Waals surface area contributed by atoms with Crippen LogP contribution in [0.5, 0.6) is 5.75 Å². The number of nitrogens with two attached hydrogens (primary N) is 1. The van der Waals surface area contributed by atoms with Gasteiger partial charge in [0.1, 0.15) is 0 Å². The Bertz CT molecular complexity index is 360. The molecule has 0 spiro atoms. The van der Waals surface area contributed by atoms with Gasteiger partial charge in [-0.2, -0.15) is 4.39 Å². The van der Waals surface area contributed by atoms with Crippen molar-refractivity contribution in [3.63, 3.8) is 0 Å². The molecular formula is C8H8ClF2NO2. The Morgan fingerprint density at radius 2 is 2.00 bits per heavy atom. The first-order chi connectivity index (χ1) is 6.49. The van der Waals surface area contributed by atoms with Crippen molar-refractivity contribution in [1.82, 2.24) is 0 Å². The normalized spacial score (nSPS) is 12.9. The second-order valence-electron chi connectivity index (χ2n) is 2.71. The summed E-state index contributed by atoms with van der Waals surface area (Å²) in [7, 11) is 0. The van der Waals surface area contributed by atoms with Gasteiger partial charge in [0.05, 0.1) is 17.7 Å². The van der Waals surface area contributed by atoms with Gasteiger partial charge in [0.2, 0.25) is 5.82 Å². The Labute approximate surface area is 83.7 Å². The van der Waals surface area contributed by atoms with Crippen LogP contribution in [0.2, 0.25) is 5.02 Å². The van der Waals surface area contributed by atoms with E-state index in [0.717, 1.165) is 6.07 Å². The fraction of sp³-hybridized carbons (Fsp3) is 0.250. The van der Waals surface area contributed by atoms with Crippen LogP contribution in [0, 0.1) is 11.6 Å². The highest BCUT2D eigenvalue weighted by Gasteiger charge is 2.20. The molecule has 0 aromatic heterocycles. The molecule has 3 nitrogen and oxygen atoms in total. The van der Waals surface area contributed by atoms with Crippen LogP contribution >= 0.6 is 11.6 Å². The second kappa shape index (κ2) is 4.08. The van der Waals surface area contributed by atoms with E-state index in [4.69, 9.17) is 27.5 Å². The van der Waals surface area contributed by atoms with Crippen LogP contribution in [0.1, 0.15) is 11.6 Å². The van der Waals surface area contributed by atoms with Crippen LogP contribution in [0.3, 0.4) is 0 Å². The van der Waals surface area contributed by atoms with E-state index in [-0.39, 0.29) is 10.6 Å². The third-order valence-corrected chi connectivity index (χ3v) is 2.05. The summed E-state index contributed by atoms with van der Waals surface area (Å²) >= 11 is 5.40. The molecule has 0 radical (unpaired) electrons. The van der Waals surface area contributed by atoms with Gasteiger partial charge in [-0.3, -0.25) is 0 Å². The summed E-state index contributed by atoms with van der Waals surface area (Å²) in [6, 6.07) is -0.0847. The number of aliphatic hydroxyl groups excluding tert-OH is 1. The van der Waals surface area contributed by atoms with Gasteiger partial charge in [-0.15, -0.1) is 0 Å². The third-order valence-electron chi connectivity index (χ3n) is 1.76. The van der Waals surface area contributed by atoms with Gasteiger partial charge >= 0.3 is 0 Å². The Hall–Kier alpha value is -0.910. The lowest BCUT2D eigenvalue weighted by molar-refractivity contribution is 0.264. The molecule has 0 aliphatic carbocycles. The fourth-order valence-electron chi connectivity index (χ4n) is 0.972. The van der Waals surface area contributed by atoms with Gasteiger partial charge in [0.15, 0.2) is 11.6 Å². The van der Waals surface area contributed by atoms with Crippen molar-refractivity contribution < 1.29 is 19.0 Å². The molecule has 1 unspecified atom stereocenters. The molecule has 0 bridgehead atoms. The van der Waals surface area contributed by atoms with Crippen LogP contribution in [0.25, 0.3) is 0 Å². The van der Waals surface area contributed by atoms with Crippen molar-refractivity contribution in [1.29, 1.82) is 0 Å². The first-order valence-electron chi connectivity index (χ1n) is 3.71. The minimum absolute atomic E-state index is 0.271. The second-order valence-corrected chi connectivity index (χ2v) is 3.12. The van der Waals surface area contributed by atoms with Crippen molar-refractivity contribution in [2.24, 2.45) is 5.73 Å². The number of halogens is 3. The topological polar surface area (TPSA) is 66.5 Å². The molecule has 1 aromatic carbocycles. The molecule has 0 aliphatic rings. The molecule has 78 valence electrons. The monoisotopic (exact) mass is 223 g/mol. The van der Waals surface area contributed by atoms with Gasteiger partial charge in [-0.25, -0.2) is 4.39 Å². The maximum Gasteiger partial charge on any atom is 0.202 e. The Morgan fingerprint density at radius 3 is 2.50 bits per heavy atom. The molecule has 0 saturated carbocycles. The third kappa shape index (κ3) is 1.79. The van der Waals surface area contributed by atoms with Gasteiger partial charge in [-0.1, -0.05) is 11.6 Å². The summed E-state index contributed by atoms with van der Waals surface area (Å²) in [5, 5.41) is 17.2. The lowest BCUT2D eigenvalue weighted by atomic mass is 10.1. The van der Waals surface area contributed by atoms with E-state index in [9.17, 15) is 8.78 Å². The minimum atomic E-state index is -1.46. The van der Waals surface area contributed by atoms with E-state index in [0.29, 0.717) is 0 Å². The molecule has 0 fully saturated rings. The molecule has 1 aromatic rings. The van der Waals surface area contributed by atoms with Crippen molar-refractivity contribution >= 4 is 11.6 Å². The zero-order chi connectivity index (χ0) is 10.9. The van der Waals surface area contributed by atoms with Crippen LogP contribution in [0.4, 0.5) is 8.78 Å². The number of benzene rings is 1. The zero-order valence-corrected chi connectivity index (χ0v) is 7.72. The quantitative estimate of drug-likeness (QED) is 0.663. The predicted octanol–water partition coefficient (Wildman–Crippen LogP) is 1.32. The lowest BCUT2D eigenvalue weighted by Gasteiger charge is -2.11. The van der Waals surface area contributed by atoms with Crippen LogP contribution in [0.15, 0.2) is 6.07 Å². The molecule has 1 rings (SSSR count). The largest absolute Gasteiger partial charge is 0.504 e. The molecule has 0 aliphatic heterocycles. The maximum atomic E-state index is 13.1. The lowest BCUT2D eigenvalue weighted by Crippen LogP contribution is -2.16. The van der Waals surface area contributed by atoms with E-state index in [1.54, 1.807) is 0 Å². The first-order valence-corrected chi connectivity index (χ1v) is 4.09. The number of phenolic OH excluding ortho intramolecular Hbond substituents is 1. The summed E-state index contributed by atoms with van der Waals surface area (Å²) in [5.74, 6) is -3.72. The standard InChI is InChI=1S/C8H8ClF2NO2/c9-4-1-3(5(12)2-13)6(10)7(11)8(4)14/h1,5,13-14H,2,12H2. The van der Waals surface area contributed by atoms with Gasteiger partial charge in [-0.05, 0) is 6.07 Å². The van der Waals surface area contributed by atoms with Crippen molar-refractivity contribution in [3.8, 4) is 5.75 Å². The summed E-state index contributed by atoms with van der Waals surface area (Å²) < 4.78 is 26.0. The van der Waals surface area contributed by atoms with E-state index in [1.165, 1.54) is 0 Å². The van der Waals surface area contributed by atoms with E-state index in [2.05, 4.69) is 0 Å². The fourth-order valence-corrected chi connectivity index (χ4v) is 1.17. The minimum Gasteiger partial charge on any atom is -0.504 e. The number of rotatable bonds is 2. The number of phenols is 1. The van der Waals surface area contributed by atoms with Gasteiger partial charge < -0.3 is 15.9 Å². The van der Waals surface area contributed by atoms with Gasteiger partial charge in [0.25, 0.3) is 0 Å². The Morgan fingerprint density at radius 1 is 1.43 bits per heavy atom. The summed E-state index contributed by atoms with van der Waals surface area (Å²) in [5.41, 5.74) is 5.02. The summed E-state index contributed by atoms with van der Waals surface area (Å²) in [4.78, 5) is 0. The maximum absolute atomic E-state index is 13.1. The summed E-state index contributed by atoms with van der Waals surface area (Å²) in [6.45, 7) is -0.544. The average molecular weight is 224 g/mol. The molecule has 14 heavy (non-hydrogen) atoms. The SMILES string of the molecule is NC(CO)c1cc(Cl)c(O)c(F)c1F. The first kappa shape index (κ1) is 11.2. The average Bonchev–Trinajstić information content (AvgIpc) is 2.19. The number of hydrogen-bond donors (Lipinski definition) is 3. The Balaban J connectivity index is 3.33. The molecule has 0 heterocycles. The van der Waals surface area contributed by atoms with E-state index >= 15 is 0 Å². The van der Waals surface area contributed by atoms with Gasteiger partial charge in [0, 0.05) is 5.56 Å². The van der Waals surface area contributed by atoms with Crippen LogP contribution in [-0.4, -0.2) is 16.8 Å². The molecule has 6 heteroatoms. The van der Waals surface area contributed by atoms with Crippen LogP contribution in [-0.2, 0) is 0 Å². The summed E-state index contributed by atoms with van der Waals surface area (Å²) in [6.07, 6.45) is 0. The van der Waals surface area contributed by atoms with E-state index < -0.39 is 30.0 Å². The zero-order valence-electron chi connectivity index (χ0n) is 6.97. The highest BCUT2D eigenvalue weighted by molar-refractivity contribution is 6.32. The highest BCUT2D eigenvalue weighted by atomic mass is 35.5. The van der Waals surface area contributed by atoms with Crippen LogP contribution < -0.4 is 5.73 Å². The number of hydrogen-bond acceptors (Lipinski definition) is 3. The van der Waals surface area contributed by atoms with Crippen molar-refractivity contribution in [3.05, 3.63) is 28.3 Å². The number of aromatic hydroxyl groups is 1. The Kier molecular flexibility index (Phi) is 3.25.